The topological polar surface area (TPSA) is 86.7 Å². The van der Waals surface area contributed by atoms with Crippen molar-refractivity contribution in [2.75, 3.05) is 24.4 Å². The highest BCUT2D eigenvalue weighted by molar-refractivity contribution is 7.92. The number of hydrogen-bond acceptors (Lipinski definition) is 4. The maximum atomic E-state index is 13.0. The Morgan fingerprint density at radius 3 is 2.42 bits per heavy atom. The van der Waals surface area contributed by atoms with Crippen molar-refractivity contribution in [3.05, 3.63) is 59.4 Å². The van der Waals surface area contributed by atoms with E-state index in [1.807, 2.05) is 0 Å². The van der Waals surface area contributed by atoms with Gasteiger partial charge in [-0.3, -0.25) is 9.52 Å². The van der Waals surface area contributed by atoms with Crippen LogP contribution in [-0.4, -0.2) is 44.0 Å². The monoisotopic (exact) mass is 380 g/mol. The third-order valence-corrected chi connectivity index (χ3v) is 5.26. The van der Waals surface area contributed by atoms with Crippen molar-refractivity contribution >= 4 is 21.6 Å². The van der Waals surface area contributed by atoms with Gasteiger partial charge in [-0.15, -0.1) is 0 Å². The number of anilines is 1. The zero-order chi connectivity index (χ0) is 19.3. The van der Waals surface area contributed by atoms with Crippen molar-refractivity contribution in [1.82, 2.24) is 4.90 Å². The van der Waals surface area contributed by atoms with E-state index in [9.17, 15) is 17.6 Å². The molecule has 0 unspecified atom stereocenters. The number of likely N-dealkylation sites (N-methyl/N-ethyl adjacent to an activating group) is 1. The van der Waals surface area contributed by atoms with Crippen LogP contribution in [0.3, 0.4) is 0 Å². The molecule has 2 rings (SSSR count). The van der Waals surface area contributed by atoms with Crippen LogP contribution in [0.15, 0.2) is 47.4 Å². The van der Waals surface area contributed by atoms with Crippen LogP contribution in [0.4, 0.5) is 10.1 Å². The van der Waals surface area contributed by atoms with Gasteiger partial charge >= 0.3 is 0 Å². The fourth-order valence-electron chi connectivity index (χ4n) is 2.43. The second kappa shape index (κ2) is 8.29. The number of nitrogens with one attached hydrogen (secondary N) is 1. The minimum absolute atomic E-state index is 0.0733. The molecule has 0 aliphatic carbocycles. The van der Waals surface area contributed by atoms with Crippen LogP contribution in [0.2, 0.25) is 0 Å². The van der Waals surface area contributed by atoms with Gasteiger partial charge in [0.1, 0.15) is 5.82 Å². The molecule has 2 aromatic carbocycles. The highest BCUT2D eigenvalue weighted by Gasteiger charge is 2.21. The van der Waals surface area contributed by atoms with Crippen molar-refractivity contribution in [2.45, 2.75) is 18.7 Å². The van der Waals surface area contributed by atoms with E-state index in [0.717, 1.165) is 12.1 Å². The van der Waals surface area contributed by atoms with Gasteiger partial charge < -0.3 is 10.0 Å². The van der Waals surface area contributed by atoms with Crippen LogP contribution in [0.25, 0.3) is 0 Å². The van der Waals surface area contributed by atoms with Crippen LogP contribution < -0.4 is 4.72 Å². The Morgan fingerprint density at radius 2 is 1.85 bits per heavy atom. The molecule has 0 aromatic heterocycles. The molecule has 0 fully saturated rings. The Hall–Kier alpha value is -2.45. The number of aliphatic hydroxyl groups is 1. The smallest absolute Gasteiger partial charge is 0.261 e. The summed E-state index contributed by atoms with van der Waals surface area (Å²) in [7, 11) is -3.94. The Labute approximate surface area is 152 Å². The molecule has 0 heterocycles. The first kappa shape index (κ1) is 19.9. The van der Waals surface area contributed by atoms with Gasteiger partial charge in [0.05, 0.1) is 11.5 Å². The summed E-state index contributed by atoms with van der Waals surface area (Å²) in [5, 5.41) is 9.07. The number of aliphatic hydroxyl groups excluding tert-OH is 1. The zero-order valence-electron chi connectivity index (χ0n) is 14.6. The number of aryl methyl sites for hydroxylation is 1. The maximum Gasteiger partial charge on any atom is 0.261 e. The summed E-state index contributed by atoms with van der Waals surface area (Å²) >= 11 is 0. The predicted molar refractivity (Wildman–Crippen MR) is 97.1 cm³/mol. The number of halogens is 1. The summed E-state index contributed by atoms with van der Waals surface area (Å²) in [6, 6.07) is 9.19. The lowest BCUT2D eigenvalue weighted by Crippen LogP contribution is -2.34. The van der Waals surface area contributed by atoms with E-state index in [0.29, 0.717) is 12.1 Å². The molecule has 0 saturated heterocycles. The van der Waals surface area contributed by atoms with Crippen molar-refractivity contribution in [3.8, 4) is 0 Å². The average molecular weight is 380 g/mol. The Kier molecular flexibility index (Phi) is 6.33. The summed E-state index contributed by atoms with van der Waals surface area (Å²) in [6.07, 6.45) is 0. The highest BCUT2D eigenvalue weighted by Crippen LogP contribution is 2.20. The van der Waals surface area contributed by atoms with Crippen molar-refractivity contribution in [1.29, 1.82) is 0 Å². The molecule has 140 valence electrons. The SMILES string of the molecule is CCN(CCO)C(=O)c1cc(S(=O)(=O)Nc2ccc(F)cc2)ccc1C. The standard InChI is InChI=1S/C18H21FN2O4S/c1-3-21(10-11-22)18(23)17-12-16(9-4-13(17)2)26(24,25)20-15-7-5-14(19)6-8-15/h4-9,12,20,22H,3,10-11H2,1-2H3. The molecular weight excluding hydrogens is 359 g/mol. The predicted octanol–water partition coefficient (Wildman–Crippen LogP) is 2.39. The number of sulfonamides is 1. The summed E-state index contributed by atoms with van der Waals surface area (Å²) in [6.45, 7) is 3.87. The molecule has 1 amide bonds. The third kappa shape index (κ3) is 4.59. The number of carbonyl (C=O) groups is 1. The second-order valence-electron chi connectivity index (χ2n) is 5.70. The van der Waals surface area contributed by atoms with Crippen molar-refractivity contribution in [3.63, 3.8) is 0 Å². The fraction of sp³-hybridized carbons (Fsp3) is 0.278. The van der Waals surface area contributed by atoms with E-state index in [1.165, 1.54) is 29.2 Å². The largest absolute Gasteiger partial charge is 0.395 e. The minimum atomic E-state index is -3.94. The number of rotatable bonds is 7. The first-order valence-electron chi connectivity index (χ1n) is 8.07. The third-order valence-electron chi connectivity index (χ3n) is 3.89. The van der Waals surface area contributed by atoms with E-state index < -0.39 is 15.8 Å². The fourth-order valence-corrected chi connectivity index (χ4v) is 3.51. The van der Waals surface area contributed by atoms with E-state index >= 15 is 0 Å². The maximum absolute atomic E-state index is 13.0. The van der Waals surface area contributed by atoms with Crippen molar-refractivity contribution < 1.29 is 22.7 Å². The highest BCUT2D eigenvalue weighted by atomic mass is 32.2. The normalized spacial score (nSPS) is 11.2. The number of carbonyl (C=O) groups excluding carboxylic acids is 1. The number of amides is 1. The van der Waals surface area contributed by atoms with Crippen LogP contribution in [0, 0.1) is 12.7 Å². The van der Waals surface area contributed by atoms with E-state index in [4.69, 9.17) is 5.11 Å². The summed E-state index contributed by atoms with van der Waals surface area (Å²) in [5.74, 6) is -0.822. The van der Waals surface area contributed by atoms with Gasteiger partial charge in [-0.25, -0.2) is 12.8 Å². The first-order chi connectivity index (χ1) is 12.3. The molecule has 6 nitrogen and oxygen atoms in total. The molecular formula is C18H21FN2O4S. The van der Waals surface area contributed by atoms with Gasteiger partial charge in [0.25, 0.3) is 15.9 Å². The van der Waals surface area contributed by atoms with Gasteiger partial charge in [-0.05, 0) is 55.8 Å². The lowest BCUT2D eigenvalue weighted by Gasteiger charge is -2.21. The van der Waals surface area contributed by atoms with Gasteiger partial charge in [0.2, 0.25) is 0 Å². The molecule has 0 spiro atoms. The lowest BCUT2D eigenvalue weighted by atomic mass is 10.1. The average Bonchev–Trinajstić information content (AvgIpc) is 2.61. The van der Waals surface area contributed by atoms with Crippen LogP contribution in [-0.2, 0) is 10.0 Å². The van der Waals surface area contributed by atoms with Gasteiger partial charge in [-0.2, -0.15) is 0 Å². The number of nitrogens with zero attached hydrogens (tertiary/aromatic N) is 1. The lowest BCUT2D eigenvalue weighted by molar-refractivity contribution is 0.0731. The summed E-state index contributed by atoms with van der Waals surface area (Å²) < 4.78 is 40.5. The number of benzene rings is 2. The van der Waals surface area contributed by atoms with Crippen LogP contribution >= 0.6 is 0 Å². The molecule has 0 bridgehead atoms. The van der Waals surface area contributed by atoms with Gasteiger partial charge in [0, 0.05) is 24.3 Å². The van der Waals surface area contributed by atoms with Crippen molar-refractivity contribution in [2.24, 2.45) is 0 Å². The Balaban J connectivity index is 2.35. The van der Waals surface area contributed by atoms with Crippen LogP contribution in [0.5, 0.6) is 0 Å². The first-order valence-corrected chi connectivity index (χ1v) is 9.56. The summed E-state index contributed by atoms with van der Waals surface area (Å²) in [4.78, 5) is 14.0. The molecule has 2 aromatic rings. The molecule has 0 aliphatic rings. The summed E-state index contributed by atoms with van der Waals surface area (Å²) in [5.41, 5.74) is 1.10. The quantitative estimate of drug-likeness (QED) is 0.772. The molecule has 0 atom stereocenters. The molecule has 0 aliphatic heterocycles. The van der Waals surface area contributed by atoms with Gasteiger partial charge in [-0.1, -0.05) is 6.07 Å². The van der Waals surface area contributed by atoms with E-state index in [1.54, 1.807) is 19.9 Å². The Morgan fingerprint density at radius 1 is 1.19 bits per heavy atom. The Bertz CT molecular complexity index is 883. The molecule has 0 radical (unpaired) electrons. The van der Waals surface area contributed by atoms with E-state index in [2.05, 4.69) is 4.72 Å². The molecule has 0 saturated carbocycles. The second-order valence-corrected chi connectivity index (χ2v) is 7.38. The van der Waals surface area contributed by atoms with Crippen LogP contribution in [0.1, 0.15) is 22.8 Å². The van der Waals surface area contributed by atoms with Gasteiger partial charge in [0.15, 0.2) is 0 Å². The zero-order valence-corrected chi connectivity index (χ0v) is 15.4. The molecule has 26 heavy (non-hydrogen) atoms. The number of hydrogen-bond donors (Lipinski definition) is 2. The minimum Gasteiger partial charge on any atom is -0.395 e. The molecule has 2 N–H and O–H groups in total. The molecule has 8 heteroatoms. The van der Waals surface area contributed by atoms with E-state index in [-0.39, 0.29) is 35.2 Å².